The zero-order valence-electron chi connectivity index (χ0n) is 26.9. The fourth-order valence-corrected chi connectivity index (χ4v) is 1.73. The topological polar surface area (TPSA) is 96.0 Å². The van der Waals surface area contributed by atoms with E-state index in [1.54, 1.807) is 13.8 Å². The highest BCUT2D eigenvalue weighted by molar-refractivity contribution is 5.82. The summed E-state index contributed by atoms with van der Waals surface area (Å²) < 4.78 is 15.0. The summed E-state index contributed by atoms with van der Waals surface area (Å²) in [6, 6.07) is 0. The molecular weight excluding hydrogens is 472 g/mol. The molecule has 0 aliphatic rings. The second-order valence-electron chi connectivity index (χ2n) is 13.4. The van der Waals surface area contributed by atoms with Crippen molar-refractivity contribution < 1.29 is 33.4 Å². The molecule has 0 aliphatic heterocycles. The van der Waals surface area contributed by atoms with Gasteiger partial charge in [-0.15, -0.1) is 0 Å². The first kappa shape index (κ1) is 39.6. The summed E-state index contributed by atoms with van der Waals surface area (Å²) in [6.07, 6.45) is 2.36. The highest BCUT2D eigenvalue weighted by Crippen LogP contribution is 2.25. The third-order valence-electron chi connectivity index (χ3n) is 6.65. The Morgan fingerprint density at radius 1 is 0.514 bits per heavy atom. The molecular formula is C30H58O7. The van der Waals surface area contributed by atoms with Gasteiger partial charge in [0.25, 0.3) is 0 Å². The Balaban J connectivity index is -0.000000484. The Bertz CT molecular complexity index is 723. The lowest BCUT2D eigenvalue weighted by atomic mass is 9.88. The van der Waals surface area contributed by atoms with Crippen molar-refractivity contribution >= 4 is 23.7 Å². The number of hydrogen-bond acceptors (Lipinski definition) is 7. The van der Waals surface area contributed by atoms with Crippen molar-refractivity contribution in [2.24, 2.45) is 27.1 Å². The van der Waals surface area contributed by atoms with Crippen LogP contribution in [0.4, 0.5) is 0 Å². The van der Waals surface area contributed by atoms with Crippen molar-refractivity contribution in [3.8, 4) is 0 Å². The minimum atomic E-state index is -0.584. The molecule has 0 heterocycles. The van der Waals surface area contributed by atoms with Crippen molar-refractivity contribution in [3.05, 3.63) is 0 Å². The van der Waals surface area contributed by atoms with Crippen LogP contribution in [0.25, 0.3) is 0 Å². The van der Waals surface area contributed by atoms with E-state index in [-0.39, 0.29) is 46.5 Å². The van der Waals surface area contributed by atoms with Crippen LogP contribution in [0.2, 0.25) is 0 Å². The van der Waals surface area contributed by atoms with E-state index >= 15 is 0 Å². The van der Waals surface area contributed by atoms with Crippen molar-refractivity contribution in [3.63, 3.8) is 0 Å². The average molecular weight is 531 g/mol. The molecule has 0 rings (SSSR count). The van der Waals surface area contributed by atoms with Gasteiger partial charge in [0.2, 0.25) is 0 Å². The molecule has 220 valence electrons. The van der Waals surface area contributed by atoms with Crippen LogP contribution in [0.5, 0.6) is 0 Å². The summed E-state index contributed by atoms with van der Waals surface area (Å²) in [5.41, 5.74) is -1.65. The highest BCUT2D eigenvalue weighted by Gasteiger charge is 2.31. The Morgan fingerprint density at radius 3 is 1.03 bits per heavy atom. The predicted octanol–water partition coefficient (Wildman–Crippen LogP) is 7.19. The number of ether oxygens (including phenoxy) is 3. The maximum Gasteiger partial charge on any atom is 0.311 e. The van der Waals surface area contributed by atoms with E-state index in [0.717, 1.165) is 19.3 Å². The van der Waals surface area contributed by atoms with E-state index in [0.29, 0.717) is 6.61 Å². The van der Waals surface area contributed by atoms with Crippen LogP contribution >= 0.6 is 0 Å². The summed E-state index contributed by atoms with van der Waals surface area (Å²) in [7, 11) is 1.42. The summed E-state index contributed by atoms with van der Waals surface area (Å²) in [5, 5.41) is 0. The van der Waals surface area contributed by atoms with Crippen molar-refractivity contribution in [2.75, 3.05) is 20.3 Å². The molecule has 0 aromatic heterocycles. The van der Waals surface area contributed by atoms with Crippen molar-refractivity contribution in [2.45, 2.75) is 123 Å². The number of carbonyl (C=O) groups is 4. The molecule has 0 spiro atoms. The van der Waals surface area contributed by atoms with Gasteiger partial charge in [-0.05, 0) is 87.0 Å². The normalized spacial score (nSPS) is 12.2. The number of Topliss-reactive ketones (excluding diaryl/α,β-unsaturated/α-hetero) is 1. The second kappa shape index (κ2) is 16.1. The van der Waals surface area contributed by atoms with Gasteiger partial charge in [0.15, 0.2) is 0 Å². The molecule has 0 aliphatic carbocycles. The Morgan fingerprint density at radius 2 is 0.811 bits per heavy atom. The van der Waals surface area contributed by atoms with E-state index in [1.165, 1.54) is 14.0 Å². The SMILES string of the molecule is CCC(C)(C)C(=O)OC.CCC(C)(C)C(=O)OCC(C)(C)C.CCC(C)(C)C(=O)OCC(C)(C)C(C)=O. The predicted molar refractivity (Wildman–Crippen MR) is 150 cm³/mol. The van der Waals surface area contributed by atoms with Crippen LogP contribution in [-0.4, -0.2) is 44.0 Å². The van der Waals surface area contributed by atoms with Gasteiger partial charge < -0.3 is 14.2 Å². The number of rotatable bonds is 10. The molecule has 0 saturated carbocycles. The molecule has 7 nitrogen and oxygen atoms in total. The number of carbonyl (C=O) groups excluding carboxylic acids is 4. The van der Waals surface area contributed by atoms with Gasteiger partial charge >= 0.3 is 17.9 Å². The number of ketones is 1. The van der Waals surface area contributed by atoms with Crippen molar-refractivity contribution in [1.29, 1.82) is 0 Å². The van der Waals surface area contributed by atoms with E-state index in [2.05, 4.69) is 25.5 Å². The molecule has 0 saturated heterocycles. The lowest BCUT2D eigenvalue weighted by molar-refractivity contribution is -0.158. The molecule has 0 N–H and O–H groups in total. The van der Waals surface area contributed by atoms with Gasteiger partial charge in [-0.1, -0.05) is 41.5 Å². The average Bonchev–Trinajstić information content (AvgIpc) is 2.80. The standard InChI is InChI=1S/C12H22O3.C11H22O2.C7H14O2/c1-7-11(3,4)10(14)15-8-12(5,6)9(2)13;1-7-11(5,6)9(12)13-8-10(2,3)4;1-5-7(2,3)6(8)9-4/h7-8H2,1-6H3;7-8H2,1-6H3;5H2,1-4H3. The zero-order valence-corrected chi connectivity index (χ0v) is 26.9. The monoisotopic (exact) mass is 530 g/mol. The Labute approximate surface area is 227 Å². The van der Waals surface area contributed by atoms with Crippen LogP contribution in [0.3, 0.4) is 0 Å². The van der Waals surface area contributed by atoms with Gasteiger partial charge in [0.05, 0.1) is 35.4 Å². The van der Waals surface area contributed by atoms with Crippen LogP contribution in [-0.2, 0) is 33.4 Å². The third-order valence-corrected chi connectivity index (χ3v) is 6.65. The lowest BCUT2D eigenvalue weighted by Crippen LogP contribution is -2.33. The molecule has 0 atom stereocenters. The van der Waals surface area contributed by atoms with Gasteiger partial charge in [0.1, 0.15) is 12.4 Å². The Hall–Kier alpha value is -1.92. The number of hydrogen-bond donors (Lipinski definition) is 0. The smallest absolute Gasteiger partial charge is 0.311 e. The molecule has 0 amide bonds. The molecule has 0 aromatic rings. The van der Waals surface area contributed by atoms with Crippen LogP contribution in [0.15, 0.2) is 0 Å². The quantitative estimate of drug-likeness (QED) is 0.218. The minimum Gasteiger partial charge on any atom is -0.469 e. The first-order valence-corrected chi connectivity index (χ1v) is 13.3. The fourth-order valence-electron chi connectivity index (χ4n) is 1.73. The van der Waals surface area contributed by atoms with Gasteiger partial charge in [0, 0.05) is 0 Å². The Kier molecular flexibility index (Phi) is 17.3. The molecule has 0 radical (unpaired) electrons. The molecule has 7 heteroatoms. The maximum absolute atomic E-state index is 11.6. The van der Waals surface area contributed by atoms with E-state index in [4.69, 9.17) is 9.47 Å². The largest absolute Gasteiger partial charge is 0.469 e. The summed E-state index contributed by atoms with van der Waals surface area (Å²) in [6.45, 7) is 29.1. The van der Waals surface area contributed by atoms with Crippen molar-refractivity contribution in [1.82, 2.24) is 0 Å². The number of methoxy groups -OCH3 is 1. The molecule has 0 aromatic carbocycles. The van der Waals surface area contributed by atoms with Crippen LogP contribution < -0.4 is 0 Å². The summed E-state index contributed by atoms with van der Waals surface area (Å²) >= 11 is 0. The van der Waals surface area contributed by atoms with Gasteiger partial charge in [-0.2, -0.15) is 0 Å². The molecule has 0 fully saturated rings. The molecule has 0 bridgehead atoms. The number of esters is 3. The fraction of sp³-hybridized carbons (Fsp3) is 0.867. The van der Waals surface area contributed by atoms with Crippen LogP contribution in [0.1, 0.15) is 123 Å². The maximum atomic E-state index is 11.6. The zero-order chi connectivity index (χ0) is 30.5. The first-order chi connectivity index (χ1) is 16.4. The molecule has 0 unspecified atom stereocenters. The van der Waals surface area contributed by atoms with E-state index in [9.17, 15) is 19.2 Å². The highest BCUT2D eigenvalue weighted by atomic mass is 16.5. The molecule has 37 heavy (non-hydrogen) atoms. The lowest BCUT2D eigenvalue weighted by Gasteiger charge is -2.25. The first-order valence-electron chi connectivity index (χ1n) is 13.3. The summed E-state index contributed by atoms with van der Waals surface area (Å²) in [4.78, 5) is 45.2. The van der Waals surface area contributed by atoms with Gasteiger partial charge in [-0.3, -0.25) is 19.2 Å². The van der Waals surface area contributed by atoms with E-state index in [1.807, 2.05) is 62.3 Å². The third kappa shape index (κ3) is 17.3. The van der Waals surface area contributed by atoms with E-state index < -0.39 is 10.8 Å². The minimum absolute atomic E-state index is 0.0320. The van der Waals surface area contributed by atoms with Crippen LogP contribution in [0, 0.1) is 27.1 Å². The summed E-state index contributed by atoms with van der Waals surface area (Å²) in [5.74, 6) is -0.432. The van der Waals surface area contributed by atoms with Gasteiger partial charge in [-0.25, -0.2) is 0 Å². The second-order valence-corrected chi connectivity index (χ2v) is 13.4.